The number of nitrogens with zero attached hydrogens (tertiary/aromatic N) is 2. The zero-order valence-electron chi connectivity index (χ0n) is 13.2. The van der Waals surface area contributed by atoms with E-state index in [0.717, 1.165) is 30.9 Å². The molecule has 1 unspecified atom stereocenters. The van der Waals surface area contributed by atoms with Crippen LogP contribution in [0.5, 0.6) is 0 Å². The zero-order chi connectivity index (χ0) is 15.1. The average Bonchev–Trinajstić information content (AvgIpc) is 2.53. The first-order valence-electron chi connectivity index (χ1n) is 8.07. The molecule has 2 rings (SSSR count). The van der Waals surface area contributed by atoms with Crippen LogP contribution in [0.15, 0.2) is 30.3 Å². The van der Waals surface area contributed by atoms with Crippen LogP contribution in [0.25, 0.3) is 0 Å². The van der Waals surface area contributed by atoms with Crippen molar-refractivity contribution in [1.29, 1.82) is 0 Å². The van der Waals surface area contributed by atoms with Crippen LogP contribution in [0.2, 0.25) is 0 Å². The highest BCUT2D eigenvalue weighted by molar-refractivity contribution is 7.80. The molecular weight excluding hydrogens is 278 g/mol. The molecule has 21 heavy (non-hydrogen) atoms. The van der Waals surface area contributed by atoms with E-state index in [1.54, 1.807) is 0 Å². The van der Waals surface area contributed by atoms with E-state index in [4.69, 9.17) is 12.2 Å². The van der Waals surface area contributed by atoms with Crippen molar-refractivity contribution in [2.75, 3.05) is 24.8 Å². The lowest BCUT2D eigenvalue weighted by Crippen LogP contribution is -2.57. The largest absolute Gasteiger partial charge is 0.349 e. The molecule has 1 heterocycles. The fraction of sp³-hybridized carbons (Fsp3) is 0.588. The van der Waals surface area contributed by atoms with Crippen LogP contribution in [0.4, 0.5) is 5.69 Å². The van der Waals surface area contributed by atoms with Gasteiger partial charge in [-0.2, -0.15) is 0 Å². The van der Waals surface area contributed by atoms with Crippen molar-refractivity contribution >= 4 is 23.0 Å². The molecule has 1 atom stereocenters. The van der Waals surface area contributed by atoms with Crippen molar-refractivity contribution in [2.24, 2.45) is 5.92 Å². The van der Waals surface area contributed by atoms with Gasteiger partial charge in [0, 0.05) is 12.2 Å². The van der Waals surface area contributed by atoms with E-state index in [1.807, 2.05) is 6.07 Å². The van der Waals surface area contributed by atoms with E-state index < -0.39 is 0 Å². The van der Waals surface area contributed by atoms with Crippen molar-refractivity contribution in [3.63, 3.8) is 0 Å². The third kappa shape index (κ3) is 4.68. The Labute approximate surface area is 134 Å². The van der Waals surface area contributed by atoms with Gasteiger partial charge in [-0.25, -0.2) is 0 Å². The van der Waals surface area contributed by atoms with E-state index in [1.165, 1.54) is 31.4 Å². The topological polar surface area (TPSA) is 18.5 Å². The van der Waals surface area contributed by atoms with Gasteiger partial charge in [-0.1, -0.05) is 51.3 Å². The molecule has 1 aliphatic rings. The lowest BCUT2D eigenvalue weighted by molar-refractivity contribution is 0.209. The maximum atomic E-state index is 5.46. The maximum Gasteiger partial charge on any atom is 0.175 e. The fourth-order valence-corrected chi connectivity index (χ4v) is 3.03. The van der Waals surface area contributed by atoms with Crippen molar-refractivity contribution in [3.8, 4) is 0 Å². The third-order valence-corrected chi connectivity index (χ3v) is 4.53. The summed E-state index contributed by atoms with van der Waals surface area (Å²) in [7, 11) is 0. The predicted octanol–water partition coefficient (Wildman–Crippen LogP) is 3.81. The average molecular weight is 305 g/mol. The molecule has 1 aromatic rings. The first-order chi connectivity index (χ1) is 10.2. The van der Waals surface area contributed by atoms with E-state index in [0.29, 0.717) is 0 Å². The summed E-state index contributed by atoms with van der Waals surface area (Å²) in [5.41, 5.74) is 1.17. The molecule has 0 bridgehead atoms. The summed E-state index contributed by atoms with van der Waals surface area (Å²) in [6.07, 6.45) is 5.21. The standard InChI is InChI=1S/C17H27N3S/c1-3-5-9-15(4-2)12-19-13-18-17(21)20(14-19)16-10-7-6-8-11-16/h6-8,10-11,15H,3-5,9,12-14H2,1-2H3,(H,18,21). The molecule has 1 N–H and O–H groups in total. The van der Waals surface area contributed by atoms with Crippen LogP contribution >= 0.6 is 12.2 Å². The molecule has 0 amide bonds. The summed E-state index contributed by atoms with van der Waals surface area (Å²) >= 11 is 5.46. The zero-order valence-corrected chi connectivity index (χ0v) is 14.0. The van der Waals surface area contributed by atoms with Crippen molar-refractivity contribution in [3.05, 3.63) is 30.3 Å². The lowest BCUT2D eigenvalue weighted by Gasteiger charge is -2.39. The molecule has 0 aromatic heterocycles. The Morgan fingerprint density at radius 2 is 2.00 bits per heavy atom. The van der Waals surface area contributed by atoms with E-state index in [2.05, 4.69) is 53.2 Å². The second-order valence-electron chi connectivity index (χ2n) is 5.81. The van der Waals surface area contributed by atoms with Gasteiger partial charge in [0.25, 0.3) is 0 Å². The quantitative estimate of drug-likeness (QED) is 0.772. The summed E-state index contributed by atoms with van der Waals surface area (Å²) in [5, 5.41) is 4.18. The molecule has 1 aromatic carbocycles. The minimum atomic E-state index is 0.788. The normalized spacial score (nSPS) is 17.6. The molecular formula is C17H27N3S. The summed E-state index contributed by atoms with van der Waals surface area (Å²) in [4.78, 5) is 4.65. The molecule has 0 saturated carbocycles. The number of nitrogens with one attached hydrogen (secondary N) is 1. The van der Waals surface area contributed by atoms with Gasteiger partial charge in [0.2, 0.25) is 0 Å². The smallest absolute Gasteiger partial charge is 0.175 e. The van der Waals surface area contributed by atoms with E-state index in [9.17, 15) is 0 Å². The number of thiocarbonyl (C=S) groups is 1. The monoisotopic (exact) mass is 305 g/mol. The summed E-state index contributed by atoms with van der Waals surface area (Å²) in [6, 6.07) is 10.4. The van der Waals surface area contributed by atoms with Crippen molar-refractivity contribution in [1.82, 2.24) is 10.2 Å². The second-order valence-corrected chi connectivity index (χ2v) is 6.20. The molecule has 3 nitrogen and oxygen atoms in total. The number of hydrogen-bond acceptors (Lipinski definition) is 2. The van der Waals surface area contributed by atoms with Gasteiger partial charge >= 0.3 is 0 Å². The molecule has 1 fully saturated rings. The lowest BCUT2D eigenvalue weighted by atomic mass is 9.99. The Kier molecular flexibility index (Phi) is 6.46. The Balaban J connectivity index is 1.95. The van der Waals surface area contributed by atoms with E-state index >= 15 is 0 Å². The van der Waals surface area contributed by atoms with Crippen molar-refractivity contribution in [2.45, 2.75) is 39.5 Å². The van der Waals surface area contributed by atoms with Crippen LogP contribution in [0.3, 0.4) is 0 Å². The Hall–Kier alpha value is -1.13. The summed E-state index contributed by atoms with van der Waals surface area (Å²) in [5.74, 6) is 0.788. The summed E-state index contributed by atoms with van der Waals surface area (Å²) in [6.45, 7) is 7.47. The Bertz CT molecular complexity index is 435. The SMILES string of the molecule is CCCCC(CC)CN1CNC(=S)N(c2ccccc2)C1. The highest BCUT2D eigenvalue weighted by Crippen LogP contribution is 2.19. The van der Waals surface area contributed by atoms with Gasteiger partial charge in [0.15, 0.2) is 5.11 Å². The Morgan fingerprint density at radius 1 is 1.24 bits per heavy atom. The minimum absolute atomic E-state index is 0.788. The first-order valence-corrected chi connectivity index (χ1v) is 8.48. The fourth-order valence-electron chi connectivity index (χ4n) is 2.80. The van der Waals surface area contributed by atoms with Crippen LogP contribution in [-0.2, 0) is 0 Å². The van der Waals surface area contributed by atoms with Crippen LogP contribution < -0.4 is 10.2 Å². The van der Waals surface area contributed by atoms with Gasteiger partial charge in [-0.05, 0) is 36.7 Å². The van der Waals surface area contributed by atoms with Crippen LogP contribution in [0, 0.1) is 5.92 Å². The molecule has 1 aliphatic heterocycles. The summed E-state index contributed by atoms with van der Waals surface area (Å²) < 4.78 is 0. The van der Waals surface area contributed by atoms with E-state index in [-0.39, 0.29) is 0 Å². The molecule has 1 saturated heterocycles. The molecule has 116 valence electrons. The Morgan fingerprint density at radius 3 is 2.67 bits per heavy atom. The third-order valence-electron chi connectivity index (χ3n) is 4.17. The van der Waals surface area contributed by atoms with Crippen molar-refractivity contribution < 1.29 is 0 Å². The number of rotatable bonds is 7. The number of anilines is 1. The van der Waals surface area contributed by atoms with Gasteiger partial charge in [-0.3, -0.25) is 4.90 Å². The highest BCUT2D eigenvalue weighted by Gasteiger charge is 2.23. The number of benzene rings is 1. The number of para-hydroxylation sites is 1. The first kappa shape index (κ1) is 16.2. The van der Waals surface area contributed by atoms with Gasteiger partial charge < -0.3 is 10.2 Å². The van der Waals surface area contributed by atoms with Gasteiger partial charge in [0.1, 0.15) is 0 Å². The number of unbranched alkanes of at least 4 members (excludes halogenated alkanes) is 1. The molecule has 0 radical (unpaired) electrons. The second kappa shape index (κ2) is 8.35. The minimum Gasteiger partial charge on any atom is -0.349 e. The highest BCUT2D eigenvalue weighted by atomic mass is 32.1. The van der Waals surface area contributed by atoms with Crippen LogP contribution in [0.1, 0.15) is 39.5 Å². The van der Waals surface area contributed by atoms with Gasteiger partial charge in [0.05, 0.1) is 13.3 Å². The number of hydrogen-bond donors (Lipinski definition) is 1. The predicted molar refractivity (Wildman–Crippen MR) is 94.4 cm³/mol. The molecule has 4 heteroatoms. The molecule has 0 aliphatic carbocycles. The van der Waals surface area contributed by atoms with Gasteiger partial charge in [-0.15, -0.1) is 0 Å². The van der Waals surface area contributed by atoms with Crippen LogP contribution in [-0.4, -0.2) is 29.9 Å². The molecule has 0 spiro atoms. The maximum absolute atomic E-state index is 5.46.